The van der Waals surface area contributed by atoms with Crippen molar-refractivity contribution >= 4 is 11.6 Å². The zero-order valence-electron chi connectivity index (χ0n) is 13.2. The van der Waals surface area contributed by atoms with Gasteiger partial charge in [-0.1, -0.05) is 36.7 Å². The lowest BCUT2D eigenvalue weighted by atomic mass is 10.0. The molecule has 0 bridgehead atoms. The highest BCUT2D eigenvalue weighted by molar-refractivity contribution is 6.30. The van der Waals surface area contributed by atoms with E-state index in [0.717, 1.165) is 35.1 Å². The first-order valence-corrected chi connectivity index (χ1v) is 7.75. The minimum absolute atomic E-state index is 0.270. The molecule has 0 saturated carbocycles. The van der Waals surface area contributed by atoms with Crippen LogP contribution >= 0.6 is 11.6 Å². The fourth-order valence-electron chi connectivity index (χ4n) is 2.45. The molecule has 0 fully saturated rings. The molecule has 0 aliphatic carbocycles. The van der Waals surface area contributed by atoms with Crippen LogP contribution in [0.5, 0.6) is 11.5 Å². The SMILES string of the molecule is CCC(NCc1ccc(OC)c(OC)c1)c1cccc(Cl)c1. The predicted octanol–water partition coefficient (Wildman–Crippen LogP) is 4.60. The summed E-state index contributed by atoms with van der Waals surface area (Å²) in [5, 5.41) is 4.33. The Kier molecular flexibility index (Phi) is 6.10. The van der Waals surface area contributed by atoms with Gasteiger partial charge in [0.1, 0.15) is 0 Å². The number of rotatable bonds is 7. The Hall–Kier alpha value is -1.71. The van der Waals surface area contributed by atoms with Gasteiger partial charge in [0.15, 0.2) is 11.5 Å². The van der Waals surface area contributed by atoms with E-state index in [4.69, 9.17) is 21.1 Å². The summed E-state index contributed by atoms with van der Waals surface area (Å²) in [6, 6.07) is 14.2. The quantitative estimate of drug-likeness (QED) is 0.809. The van der Waals surface area contributed by atoms with Crippen LogP contribution in [-0.2, 0) is 6.54 Å². The Morgan fingerprint density at radius 3 is 2.45 bits per heavy atom. The molecule has 0 aliphatic heterocycles. The molecule has 0 radical (unpaired) electrons. The van der Waals surface area contributed by atoms with E-state index in [1.54, 1.807) is 14.2 Å². The molecule has 4 heteroatoms. The van der Waals surface area contributed by atoms with Gasteiger partial charge in [0, 0.05) is 17.6 Å². The van der Waals surface area contributed by atoms with Crippen molar-refractivity contribution in [2.24, 2.45) is 0 Å². The number of nitrogens with one attached hydrogen (secondary N) is 1. The van der Waals surface area contributed by atoms with Crippen molar-refractivity contribution in [3.05, 3.63) is 58.6 Å². The van der Waals surface area contributed by atoms with E-state index in [9.17, 15) is 0 Å². The van der Waals surface area contributed by atoms with Crippen molar-refractivity contribution in [1.29, 1.82) is 0 Å². The van der Waals surface area contributed by atoms with Gasteiger partial charge in [0.05, 0.1) is 14.2 Å². The summed E-state index contributed by atoms with van der Waals surface area (Å²) in [7, 11) is 3.29. The second-order valence-electron chi connectivity index (χ2n) is 5.09. The zero-order valence-corrected chi connectivity index (χ0v) is 14.0. The van der Waals surface area contributed by atoms with Crippen LogP contribution < -0.4 is 14.8 Å². The normalized spacial score (nSPS) is 12.0. The number of ether oxygens (including phenoxy) is 2. The zero-order chi connectivity index (χ0) is 15.9. The Bertz CT molecular complexity index is 616. The van der Waals surface area contributed by atoms with Crippen LogP contribution in [0.4, 0.5) is 0 Å². The average Bonchev–Trinajstić information content (AvgIpc) is 2.55. The standard InChI is InChI=1S/C18H22ClNO2/c1-4-16(14-6-5-7-15(19)11-14)20-12-13-8-9-17(21-2)18(10-13)22-3/h5-11,16,20H,4,12H2,1-3H3. The molecule has 0 aliphatic rings. The van der Waals surface area contributed by atoms with Gasteiger partial charge in [-0.05, 0) is 41.8 Å². The predicted molar refractivity (Wildman–Crippen MR) is 90.9 cm³/mol. The van der Waals surface area contributed by atoms with Crippen LogP contribution in [0.2, 0.25) is 5.02 Å². The Labute approximate surface area is 137 Å². The molecule has 0 spiro atoms. The fraction of sp³-hybridized carbons (Fsp3) is 0.333. The van der Waals surface area contributed by atoms with Crippen molar-refractivity contribution in [2.45, 2.75) is 25.9 Å². The van der Waals surface area contributed by atoms with Crippen LogP contribution in [0.1, 0.15) is 30.5 Å². The monoisotopic (exact) mass is 319 g/mol. The third kappa shape index (κ3) is 4.15. The molecular formula is C18H22ClNO2. The molecule has 0 amide bonds. The van der Waals surface area contributed by atoms with E-state index < -0.39 is 0 Å². The smallest absolute Gasteiger partial charge is 0.161 e. The van der Waals surface area contributed by atoms with E-state index in [1.807, 2.05) is 36.4 Å². The molecule has 1 unspecified atom stereocenters. The number of methoxy groups -OCH3 is 2. The maximum atomic E-state index is 6.08. The number of halogens is 1. The van der Waals surface area contributed by atoms with Gasteiger partial charge in [-0.15, -0.1) is 0 Å². The number of hydrogen-bond acceptors (Lipinski definition) is 3. The summed E-state index contributed by atoms with van der Waals surface area (Å²) >= 11 is 6.08. The van der Waals surface area contributed by atoms with Crippen molar-refractivity contribution in [3.8, 4) is 11.5 Å². The third-order valence-corrected chi connectivity index (χ3v) is 3.89. The maximum Gasteiger partial charge on any atom is 0.161 e. The van der Waals surface area contributed by atoms with E-state index in [1.165, 1.54) is 5.56 Å². The lowest BCUT2D eigenvalue weighted by Crippen LogP contribution is -2.20. The summed E-state index contributed by atoms with van der Waals surface area (Å²) in [5.74, 6) is 1.49. The van der Waals surface area contributed by atoms with E-state index >= 15 is 0 Å². The Balaban J connectivity index is 2.07. The second kappa shape index (κ2) is 8.06. The first-order chi connectivity index (χ1) is 10.7. The second-order valence-corrected chi connectivity index (χ2v) is 5.52. The highest BCUT2D eigenvalue weighted by Crippen LogP contribution is 2.28. The molecule has 22 heavy (non-hydrogen) atoms. The molecule has 1 atom stereocenters. The number of hydrogen-bond donors (Lipinski definition) is 1. The minimum Gasteiger partial charge on any atom is -0.493 e. The van der Waals surface area contributed by atoms with Gasteiger partial charge in [-0.25, -0.2) is 0 Å². The van der Waals surface area contributed by atoms with Crippen molar-refractivity contribution in [1.82, 2.24) is 5.32 Å². The van der Waals surface area contributed by atoms with Gasteiger partial charge in [-0.2, -0.15) is 0 Å². The Morgan fingerprint density at radius 1 is 1.05 bits per heavy atom. The number of benzene rings is 2. The molecule has 0 saturated heterocycles. The molecular weight excluding hydrogens is 298 g/mol. The first-order valence-electron chi connectivity index (χ1n) is 7.37. The van der Waals surface area contributed by atoms with E-state index in [0.29, 0.717) is 0 Å². The fourth-order valence-corrected chi connectivity index (χ4v) is 2.65. The van der Waals surface area contributed by atoms with Crippen molar-refractivity contribution in [2.75, 3.05) is 14.2 Å². The Morgan fingerprint density at radius 2 is 1.82 bits per heavy atom. The van der Waals surface area contributed by atoms with Crippen molar-refractivity contribution < 1.29 is 9.47 Å². The largest absolute Gasteiger partial charge is 0.493 e. The molecule has 2 rings (SSSR count). The summed E-state index contributed by atoms with van der Waals surface area (Å²) in [6.07, 6.45) is 0.994. The van der Waals surface area contributed by atoms with Crippen LogP contribution in [-0.4, -0.2) is 14.2 Å². The van der Waals surface area contributed by atoms with E-state index in [2.05, 4.69) is 18.3 Å². The topological polar surface area (TPSA) is 30.5 Å². The van der Waals surface area contributed by atoms with Gasteiger partial charge in [0.25, 0.3) is 0 Å². The summed E-state index contributed by atoms with van der Waals surface area (Å²) in [4.78, 5) is 0. The lowest BCUT2D eigenvalue weighted by molar-refractivity contribution is 0.354. The van der Waals surface area contributed by atoms with Gasteiger partial charge in [-0.3, -0.25) is 0 Å². The summed E-state index contributed by atoms with van der Waals surface area (Å²) in [6.45, 7) is 2.92. The average molecular weight is 320 g/mol. The molecule has 1 N–H and O–H groups in total. The minimum atomic E-state index is 0.270. The van der Waals surface area contributed by atoms with Gasteiger partial charge in [0.2, 0.25) is 0 Å². The van der Waals surface area contributed by atoms with Crippen LogP contribution in [0.3, 0.4) is 0 Å². The highest BCUT2D eigenvalue weighted by atomic mass is 35.5. The summed E-state index contributed by atoms with van der Waals surface area (Å²) < 4.78 is 10.6. The lowest BCUT2D eigenvalue weighted by Gasteiger charge is -2.18. The van der Waals surface area contributed by atoms with E-state index in [-0.39, 0.29) is 6.04 Å². The molecule has 3 nitrogen and oxygen atoms in total. The van der Waals surface area contributed by atoms with Crippen LogP contribution in [0, 0.1) is 0 Å². The molecule has 2 aromatic rings. The first kappa shape index (κ1) is 16.7. The molecule has 118 valence electrons. The highest BCUT2D eigenvalue weighted by Gasteiger charge is 2.10. The molecule has 2 aromatic carbocycles. The van der Waals surface area contributed by atoms with Crippen molar-refractivity contribution in [3.63, 3.8) is 0 Å². The maximum absolute atomic E-state index is 6.08. The molecule has 0 heterocycles. The molecule has 0 aromatic heterocycles. The van der Waals surface area contributed by atoms with Gasteiger partial charge < -0.3 is 14.8 Å². The summed E-state index contributed by atoms with van der Waals surface area (Å²) in [5.41, 5.74) is 2.36. The van der Waals surface area contributed by atoms with Gasteiger partial charge >= 0.3 is 0 Å². The third-order valence-electron chi connectivity index (χ3n) is 3.66. The van der Waals surface area contributed by atoms with Crippen LogP contribution in [0.25, 0.3) is 0 Å². The van der Waals surface area contributed by atoms with Crippen LogP contribution in [0.15, 0.2) is 42.5 Å².